The molecule has 0 aliphatic heterocycles. The first-order valence-corrected chi connectivity index (χ1v) is 27.8. The molecule has 80 heavy (non-hydrogen) atoms. The van der Waals surface area contributed by atoms with E-state index in [1.807, 2.05) is 0 Å². The average molecular weight is 1530 g/mol. The van der Waals surface area contributed by atoms with Gasteiger partial charge in [-0.3, -0.25) is 0 Å². The van der Waals surface area contributed by atoms with Crippen molar-refractivity contribution in [3.8, 4) is 23.0 Å². The summed E-state index contributed by atoms with van der Waals surface area (Å²) in [6.07, 6.45) is -0.909. The van der Waals surface area contributed by atoms with Gasteiger partial charge in [0.25, 0.3) is 0 Å². The van der Waals surface area contributed by atoms with Gasteiger partial charge in [-0.2, -0.15) is 0 Å². The van der Waals surface area contributed by atoms with Gasteiger partial charge in [-0.1, -0.05) is 92.8 Å². The first-order valence-electron chi connectivity index (χ1n) is 25.6. The zero-order valence-corrected chi connectivity index (χ0v) is 52.6. The fourth-order valence-corrected chi connectivity index (χ4v) is 9.84. The molecule has 0 saturated carbocycles. The van der Waals surface area contributed by atoms with Crippen LogP contribution >= 0.6 is 157 Å². The van der Waals surface area contributed by atoms with Crippen molar-refractivity contribution in [2.24, 2.45) is 0 Å². The number of anilines is 4. The molecule has 0 saturated heterocycles. The minimum Gasteiger partial charge on any atom is -0.482 e. The molecule has 12 nitrogen and oxygen atoms in total. The zero-order valence-electron chi connectivity index (χ0n) is 48.2. The minimum atomic E-state index is -3.07. The van der Waals surface area contributed by atoms with Gasteiger partial charge < -0.3 is 41.9 Å². The van der Waals surface area contributed by atoms with Gasteiger partial charge in [0.15, 0.2) is 46.3 Å². The van der Waals surface area contributed by atoms with Crippen LogP contribution in [0.3, 0.4) is 0 Å². The Morgan fingerprint density at radius 1 is 0.412 bits per heavy atom. The van der Waals surface area contributed by atoms with Crippen LogP contribution in [0.15, 0.2) is 115 Å². The lowest BCUT2D eigenvalue weighted by molar-refractivity contribution is 0.227. The fraction of sp³-hybridized carbons (Fsp3) is 0.154. The molecule has 4 heterocycles. The van der Waals surface area contributed by atoms with Crippen LogP contribution in [0.4, 0.5) is 40.8 Å². The molecule has 4 atom stereocenters. The highest BCUT2D eigenvalue weighted by atomic mass is 79.9. The van der Waals surface area contributed by atoms with Crippen molar-refractivity contribution in [1.82, 2.24) is 19.9 Å². The molecule has 0 amide bonds. The number of hydrogen-bond acceptors (Lipinski definition) is 12. The summed E-state index contributed by atoms with van der Waals surface area (Å²) in [5, 5.41) is -1.16. The maximum atomic E-state index is 13.8. The normalized spacial score (nSPS) is 14.8. The highest BCUT2D eigenvalue weighted by molar-refractivity contribution is 9.11. The Morgan fingerprint density at radius 3 is 1.00 bits per heavy atom. The third-order valence-corrected chi connectivity index (χ3v) is 14.4. The Balaban J connectivity index is 0.000000214. The Bertz CT molecular complexity index is 3870. The van der Waals surface area contributed by atoms with Gasteiger partial charge in [0.05, 0.1) is 22.8 Å². The molecular formula is C52H40Br4Cl8F4N8O4. The predicted octanol–water partition coefficient (Wildman–Crippen LogP) is 20.0. The highest BCUT2D eigenvalue weighted by Gasteiger charge is 2.24. The van der Waals surface area contributed by atoms with Gasteiger partial charge in [0, 0.05) is 93.2 Å². The number of benzene rings is 4. The summed E-state index contributed by atoms with van der Waals surface area (Å²) >= 11 is 60.5. The zero-order chi connectivity index (χ0) is 66.3. The summed E-state index contributed by atoms with van der Waals surface area (Å²) < 4.78 is 142. The third-order valence-electron chi connectivity index (χ3n) is 9.91. The molecule has 424 valence electrons. The second kappa shape index (κ2) is 30.4. The monoisotopic (exact) mass is 1520 g/mol. The van der Waals surface area contributed by atoms with Crippen LogP contribution in [0.1, 0.15) is 85.1 Å². The maximum Gasteiger partial charge on any atom is 0.166 e. The molecular weight excluding hydrogens is 1480 g/mol. The molecule has 8 rings (SSSR count). The number of aromatic nitrogens is 4. The average Bonchev–Trinajstić information content (AvgIpc) is 1.88. The number of rotatable bonds is 12. The number of ether oxygens (including phenoxy) is 4. The first-order chi connectivity index (χ1) is 40.7. The molecule has 4 aromatic carbocycles. The van der Waals surface area contributed by atoms with Crippen molar-refractivity contribution in [2.45, 2.75) is 51.9 Å². The lowest BCUT2D eigenvalue weighted by atomic mass is 10.1. The summed E-state index contributed by atoms with van der Waals surface area (Å²) in [6.45, 7) is -2.65. The van der Waals surface area contributed by atoms with Gasteiger partial charge >= 0.3 is 0 Å². The summed E-state index contributed by atoms with van der Waals surface area (Å²) in [5.74, 6) is -2.46. The van der Waals surface area contributed by atoms with E-state index in [1.54, 1.807) is 25.3 Å². The first kappa shape index (κ1) is 55.1. The van der Waals surface area contributed by atoms with E-state index in [-0.39, 0.29) is 76.8 Å². The topological polar surface area (TPSA) is 193 Å². The Kier molecular flexibility index (Phi) is 20.9. The van der Waals surface area contributed by atoms with E-state index in [1.165, 1.54) is 61.9 Å². The van der Waals surface area contributed by atoms with Crippen LogP contribution in [0.5, 0.6) is 23.0 Å². The summed E-state index contributed by atoms with van der Waals surface area (Å²) in [4.78, 5) is 15.5. The van der Waals surface area contributed by atoms with Crippen molar-refractivity contribution in [3.63, 3.8) is 0 Å². The van der Waals surface area contributed by atoms with E-state index in [2.05, 4.69) is 83.7 Å². The molecule has 4 aromatic heterocycles. The number of nitrogens with zero attached hydrogens (tertiary/aromatic N) is 4. The Morgan fingerprint density at radius 2 is 0.675 bits per heavy atom. The molecule has 0 bridgehead atoms. The van der Waals surface area contributed by atoms with Gasteiger partial charge in [0.1, 0.15) is 47.6 Å². The Hall–Kier alpha value is -4.16. The van der Waals surface area contributed by atoms with Crippen LogP contribution in [0, 0.1) is 23.3 Å². The van der Waals surface area contributed by atoms with Crippen molar-refractivity contribution in [1.29, 1.82) is 0 Å². The van der Waals surface area contributed by atoms with Gasteiger partial charge in [-0.05, 0) is 164 Å². The third kappa shape index (κ3) is 17.9. The van der Waals surface area contributed by atoms with Crippen LogP contribution in [0.2, 0.25) is 40.2 Å². The van der Waals surface area contributed by atoms with Crippen LogP contribution < -0.4 is 41.9 Å². The van der Waals surface area contributed by atoms with Crippen molar-refractivity contribution in [3.05, 3.63) is 201 Å². The SMILES string of the molecule is C[C@@H](Oc1cc(Br)cnc1N)c1c(Cl)ccc(F)c1Cl.[2H]C([2H])([2H])[C@@H](Oc1cc(Br)cnc1N)c1c(Cl)ccc(F)c1Cl.[2H]C([2H])([2H])[C@@]([2H])(Oc1cc(Br)cnc1N)c1c(Cl)ccc(F)c1Cl.[2H][C@](C)(Oc1cc(Br)cnc1N)c1c(Cl)ccc(F)c1Cl. The molecule has 0 radical (unpaired) electrons. The number of hydrogen-bond donors (Lipinski definition) is 4. The maximum absolute atomic E-state index is 13.8. The number of halogens is 16. The molecule has 0 aliphatic carbocycles. The van der Waals surface area contributed by atoms with Crippen molar-refractivity contribution < 1.29 is 47.5 Å². The van der Waals surface area contributed by atoms with Gasteiger partial charge in [-0.25, -0.2) is 37.5 Å². The smallest absolute Gasteiger partial charge is 0.166 e. The molecule has 28 heteroatoms. The standard InChI is InChI=1S/4C13H10BrCl2FN2O/c4*1-6(11-8(15)2-3-9(17)12(11)16)20-10-4-7(14)5-19-13(10)18/h4*2-6H,1H3,(H2,18,19)/t4*6-/m1111/s1/i1D3,6D;6D;1D3;. The van der Waals surface area contributed by atoms with Gasteiger partial charge in [-0.15, -0.1) is 0 Å². The quantitative estimate of drug-likeness (QED) is 0.0669. The van der Waals surface area contributed by atoms with E-state index in [9.17, 15) is 17.6 Å². The number of nitrogens with two attached hydrogens (primary N) is 4. The summed E-state index contributed by atoms with van der Waals surface area (Å²) in [5.41, 5.74) is 22.5. The minimum absolute atomic E-state index is 0.0110. The summed E-state index contributed by atoms with van der Waals surface area (Å²) in [6, 6.07) is 15.4. The van der Waals surface area contributed by atoms with Crippen LogP contribution in [-0.2, 0) is 0 Å². The van der Waals surface area contributed by atoms with Crippen LogP contribution in [0.25, 0.3) is 0 Å². The van der Waals surface area contributed by atoms with Gasteiger partial charge in [0.2, 0.25) is 0 Å². The van der Waals surface area contributed by atoms with E-state index >= 15 is 0 Å². The lowest BCUT2D eigenvalue weighted by Gasteiger charge is -2.18. The second-order valence-electron chi connectivity index (χ2n) is 15.4. The number of pyridine rings is 4. The molecule has 0 aliphatic rings. The molecule has 8 N–H and O–H groups in total. The van der Waals surface area contributed by atoms with E-state index in [0.717, 1.165) is 24.3 Å². The Labute approximate surface area is 541 Å². The predicted molar refractivity (Wildman–Crippen MR) is 327 cm³/mol. The van der Waals surface area contributed by atoms with Crippen LogP contribution in [-0.4, -0.2) is 19.9 Å². The largest absolute Gasteiger partial charge is 0.482 e. The van der Waals surface area contributed by atoms with Crippen molar-refractivity contribution >= 4 is 180 Å². The molecule has 8 aromatic rings. The van der Waals surface area contributed by atoms with E-state index < -0.39 is 76.9 Å². The second-order valence-corrected chi connectivity index (χ2v) is 22.2. The molecule has 0 spiro atoms. The fourth-order valence-electron chi connectivity index (χ4n) is 6.17. The van der Waals surface area contributed by atoms with E-state index in [4.69, 9.17) is 146 Å². The molecule has 0 unspecified atom stereocenters. The van der Waals surface area contributed by atoms with E-state index in [0.29, 0.717) is 34.2 Å². The molecule has 0 fully saturated rings. The summed E-state index contributed by atoms with van der Waals surface area (Å²) in [7, 11) is 0. The highest BCUT2D eigenvalue weighted by Crippen LogP contribution is 2.41. The number of nitrogen functional groups attached to an aromatic ring is 4. The van der Waals surface area contributed by atoms with Crippen molar-refractivity contribution in [2.75, 3.05) is 22.9 Å². The lowest BCUT2D eigenvalue weighted by Crippen LogP contribution is -2.08.